The fourth-order valence-corrected chi connectivity index (χ4v) is 6.38. The van der Waals surface area contributed by atoms with Gasteiger partial charge in [0, 0.05) is 36.0 Å². The van der Waals surface area contributed by atoms with Crippen LogP contribution in [0.5, 0.6) is 5.75 Å². The Hall–Kier alpha value is -4.24. The van der Waals surface area contributed by atoms with Gasteiger partial charge in [-0.15, -0.1) is 0 Å². The molecule has 39 heavy (non-hydrogen) atoms. The van der Waals surface area contributed by atoms with Crippen LogP contribution >= 0.6 is 0 Å². The number of sulfone groups is 1. The van der Waals surface area contributed by atoms with Crippen LogP contribution in [-0.4, -0.2) is 53.7 Å². The van der Waals surface area contributed by atoms with Gasteiger partial charge in [0.1, 0.15) is 11.6 Å². The predicted molar refractivity (Wildman–Crippen MR) is 149 cm³/mol. The van der Waals surface area contributed by atoms with Crippen molar-refractivity contribution in [1.82, 2.24) is 14.7 Å². The van der Waals surface area contributed by atoms with Crippen LogP contribution in [0.1, 0.15) is 17.5 Å². The lowest BCUT2D eigenvalue weighted by molar-refractivity contribution is -0.128. The second-order valence-corrected chi connectivity index (χ2v) is 11.7. The maximum Gasteiger partial charge on any atom is 0.247 e. The predicted octanol–water partition coefficient (Wildman–Crippen LogP) is 4.92. The summed E-state index contributed by atoms with van der Waals surface area (Å²) < 4.78 is 45.0. The van der Waals surface area contributed by atoms with Gasteiger partial charge in [-0.3, -0.25) is 4.79 Å². The van der Waals surface area contributed by atoms with Crippen LogP contribution < -0.4 is 4.74 Å². The molecule has 1 saturated heterocycles. The van der Waals surface area contributed by atoms with Crippen molar-refractivity contribution in [3.8, 4) is 22.7 Å². The monoisotopic (exact) mass is 545 g/mol. The first-order valence-corrected chi connectivity index (χ1v) is 14.4. The van der Waals surface area contributed by atoms with Crippen LogP contribution in [0.25, 0.3) is 23.0 Å². The molecule has 7 nitrogen and oxygen atoms in total. The highest BCUT2D eigenvalue weighted by molar-refractivity contribution is 7.91. The molecule has 1 aromatic heterocycles. The van der Waals surface area contributed by atoms with E-state index in [-0.39, 0.29) is 29.8 Å². The molecule has 0 bridgehead atoms. The fourth-order valence-electron chi connectivity index (χ4n) is 4.65. The summed E-state index contributed by atoms with van der Waals surface area (Å²) >= 11 is 0. The van der Waals surface area contributed by atoms with Gasteiger partial charge in [0.05, 0.1) is 30.0 Å². The summed E-state index contributed by atoms with van der Waals surface area (Å²) in [5, 5.41) is 4.71. The van der Waals surface area contributed by atoms with Crippen molar-refractivity contribution in [2.45, 2.75) is 19.0 Å². The lowest BCUT2D eigenvalue weighted by Gasteiger charge is -2.27. The molecule has 200 valence electrons. The molecule has 1 aliphatic rings. The van der Waals surface area contributed by atoms with Gasteiger partial charge in [-0.1, -0.05) is 30.3 Å². The highest BCUT2D eigenvalue weighted by Gasteiger charge is 2.34. The number of ether oxygens (including phenoxy) is 1. The summed E-state index contributed by atoms with van der Waals surface area (Å²) in [6.07, 6.45) is 5.34. The first kappa shape index (κ1) is 26.4. The van der Waals surface area contributed by atoms with Crippen molar-refractivity contribution < 1.29 is 22.3 Å². The lowest BCUT2D eigenvalue weighted by atomic mass is 10.1. The van der Waals surface area contributed by atoms with E-state index in [1.54, 1.807) is 34.9 Å². The number of amides is 1. The van der Waals surface area contributed by atoms with Gasteiger partial charge >= 0.3 is 0 Å². The molecule has 0 radical (unpaired) electrons. The second-order valence-electron chi connectivity index (χ2n) is 9.42. The number of halogens is 1. The molecule has 1 aliphatic heterocycles. The number of benzene rings is 3. The summed E-state index contributed by atoms with van der Waals surface area (Å²) in [5.74, 6) is 0.0466. The van der Waals surface area contributed by atoms with Crippen LogP contribution in [0.15, 0.2) is 91.1 Å². The summed E-state index contributed by atoms with van der Waals surface area (Å²) in [7, 11) is -1.62. The van der Waals surface area contributed by atoms with E-state index in [9.17, 15) is 17.6 Å². The van der Waals surface area contributed by atoms with E-state index in [2.05, 4.69) is 0 Å². The Morgan fingerprint density at radius 1 is 1.08 bits per heavy atom. The topological polar surface area (TPSA) is 81.5 Å². The number of aromatic nitrogens is 2. The molecule has 0 saturated carbocycles. The molecular formula is C30H28FN3O4S. The molecule has 0 spiro atoms. The quantitative estimate of drug-likeness (QED) is 0.294. The van der Waals surface area contributed by atoms with Gasteiger partial charge < -0.3 is 9.64 Å². The number of rotatable bonds is 8. The minimum absolute atomic E-state index is 0.0600. The number of hydrogen-bond acceptors (Lipinski definition) is 5. The van der Waals surface area contributed by atoms with Gasteiger partial charge in [0.2, 0.25) is 5.91 Å². The van der Waals surface area contributed by atoms with Crippen molar-refractivity contribution in [2.24, 2.45) is 0 Å². The third-order valence-corrected chi connectivity index (χ3v) is 8.48. The highest BCUT2D eigenvalue weighted by Crippen LogP contribution is 2.26. The first-order valence-electron chi connectivity index (χ1n) is 12.5. The molecule has 4 aromatic rings. The molecule has 1 fully saturated rings. The van der Waals surface area contributed by atoms with Gasteiger partial charge in [-0.25, -0.2) is 17.5 Å². The zero-order chi connectivity index (χ0) is 27.4. The first-order chi connectivity index (χ1) is 18.8. The zero-order valence-corrected chi connectivity index (χ0v) is 22.2. The minimum Gasteiger partial charge on any atom is -0.497 e. The van der Waals surface area contributed by atoms with Crippen molar-refractivity contribution >= 4 is 21.8 Å². The Labute approximate surface area is 227 Å². The van der Waals surface area contributed by atoms with E-state index in [0.717, 1.165) is 11.3 Å². The standard InChI is InChI=1S/C30H28FN3O4S/c1-38-28-14-7-22(8-15-28)19-33(27-17-18-39(36,37)21-27)29(35)16-11-24-20-34(26-5-3-2-4-6-26)32-30(24)23-9-12-25(31)13-10-23/h2-16,20,27H,17-19,21H2,1H3. The number of carbonyl (C=O) groups is 1. The number of hydrogen-bond donors (Lipinski definition) is 0. The smallest absolute Gasteiger partial charge is 0.247 e. The van der Waals surface area contributed by atoms with Crippen LogP contribution in [0.4, 0.5) is 4.39 Å². The molecule has 9 heteroatoms. The fraction of sp³-hybridized carbons (Fsp3) is 0.200. The van der Waals surface area contributed by atoms with Crippen molar-refractivity contribution in [3.05, 3.63) is 108 Å². The number of methoxy groups -OCH3 is 1. The summed E-state index contributed by atoms with van der Waals surface area (Å²) in [6.45, 7) is 0.265. The normalized spacial score (nSPS) is 16.4. The average Bonchev–Trinajstić information content (AvgIpc) is 3.54. The van der Waals surface area contributed by atoms with Gasteiger partial charge in [-0.2, -0.15) is 5.10 Å². The van der Waals surface area contributed by atoms with E-state index in [1.165, 1.54) is 18.2 Å². The van der Waals surface area contributed by atoms with E-state index in [0.29, 0.717) is 29.0 Å². The number of carbonyl (C=O) groups excluding carboxylic acids is 1. The molecular weight excluding hydrogens is 517 g/mol. The number of para-hydroxylation sites is 1. The second kappa shape index (κ2) is 11.2. The lowest BCUT2D eigenvalue weighted by Crippen LogP contribution is -2.39. The SMILES string of the molecule is COc1ccc(CN(C(=O)C=Cc2cn(-c3ccccc3)nc2-c2ccc(F)cc2)C2CCS(=O)(=O)C2)cc1. The Balaban J connectivity index is 1.47. The minimum atomic E-state index is -3.20. The maximum atomic E-state index is 13.6. The zero-order valence-electron chi connectivity index (χ0n) is 21.4. The Morgan fingerprint density at radius 3 is 2.44 bits per heavy atom. The van der Waals surface area contributed by atoms with E-state index >= 15 is 0 Å². The Morgan fingerprint density at radius 2 is 1.79 bits per heavy atom. The van der Waals surface area contributed by atoms with E-state index < -0.39 is 15.9 Å². The van der Waals surface area contributed by atoms with Crippen molar-refractivity contribution in [2.75, 3.05) is 18.6 Å². The van der Waals surface area contributed by atoms with Crippen LogP contribution in [0.2, 0.25) is 0 Å². The van der Waals surface area contributed by atoms with E-state index in [1.807, 2.05) is 60.8 Å². The van der Waals surface area contributed by atoms with Gasteiger partial charge in [-0.05, 0) is 66.6 Å². The van der Waals surface area contributed by atoms with Gasteiger partial charge in [0.25, 0.3) is 0 Å². The third kappa shape index (κ3) is 6.26. The molecule has 0 N–H and O–H groups in total. The highest BCUT2D eigenvalue weighted by atomic mass is 32.2. The Bertz CT molecular complexity index is 1580. The van der Waals surface area contributed by atoms with Crippen LogP contribution in [0, 0.1) is 5.82 Å². The van der Waals surface area contributed by atoms with Crippen molar-refractivity contribution in [1.29, 1.82) is 0 Å². The summed E-state index contributed by atoms with van der Waals surface area (Å²) in [4.78, 5) is 15.2. The average molecular weight is 546 g/mol. The summed E-state index contributed by atoms with van der Waals surface area (Å²) in [5.41, 5.74) is 3.67. The van der Waals surface area contributed by atoms with Crippen LogP contribution in [-0.2, 0) is 21.2 Å². The number of nitrogens with zero attached hydrogens (tertiary/aromatic N) is 3. The molecule has 0 aliphatic carbocycles. The molecule has 2 heterocycles. The molecule has 1 unspecified atom stereocenters. The molecule has 5 rings (SSSR count). The van der Waals surface area contributed by atoms with Crippen molar-refractivity contribution in [3.63, 3.8) is 0 Å². The Kier molecular flexibility index (Phi) is 7.60. The molecule has 3 aromatic carbocycles. The largest absolute Gasteiger partial charge is 0.497 e. The third-order valence-electron chi connectivity index (χ3n) is 6.73. The van der Waals surface area contributed by atoms with Crippen LogP contribution in [0.3, 0.4) is 0 Å². The molecule has 1 atom stereocenters. The van der Waals surface area contributed by atoms with E-state index in [4.69, 9.17) is 9.84 Å². The molecule has 1 amide bonds. The summed E-state index contributed by atoms with van der Waals surface area (Å²) in [6, 6.07) is 22.5. The maximum absolute atomic E-state index is 13.6. The van der Waals surface area contributed by atoms with Gasteiger partial charge in [0.15, 0.2) is 9.84 Å².